The maximum absolute atomic E-state index is 9.19. The van der Waals surface area contributed by atoms with Crippen molar-refractivity contribution in [1.29, 1.82) is 0 Å². The first-order valence-corrected chi connectivity index (χ1v) is 8.18. The summed E-state index contributed by atoms with van der Waals surface area (Å²) in [6.07, 6.45) is 4.01. The molecule has 0 bridgehead atoms. The van der Waals surface area contributed by atoms with Crippen LogP contribution in [0, 0.1) is 0 Å². The molecule has 0 aromatic carbocycles. The lowest BCUT2D eigenvalue weighted by Gasteiger charge is -1.90. The van der Waals surface area contributed by atoms with E-state index in [-0.39, 0.29) is 13.2 Å². The van der Waals surface area contributed by atoms with E-state index in [1.54, 1.807) is 0 Å². The fraction of sp³-hybridized carbons (Fsp3) is 1.00. The van der Waals surface area contributed by atoms with Crippen LogP contribution in [0.5, 0.6) is 0 Å². The van der Waals surface area contributed by atoms with Crippen LogP contribution in [0.3, 0.4) is 0 Å². The third kappa shape index (κ3) is 212. The Bertz CT molecular complexity index is 281. The number of unbranched alkanes of at least 4 members (excludes halogenated alkanes) is 2. The van der Waals surface area contributed by atoms with Crippen molar-refractivity contribution in [2.75, 3.05) is 25.7 Å². The highest BCUT2D eigenvalue weighted by Gasteiger charge is 1.82. The second-order valence-electron chi connectivity index (χ2n) is 2.97. The third-order valence-corrected chi connectivity index (χ3v) is 0.816. The Balaban J connectivity index is -0.000000177. The molecule has 10 heteroatoms. The van der Waals surface area contributed by atoms with Gasteiger partial charge in [0.15, 0.2) is 0 Å². The molecule has 0 saturated heterocycles. The summed E-state index contributed by atoms with van der Waals surface area (Å²) in [6.45, 7) is 0.500. The average molecular weight is 296 g/mol. The second kappa shape index (κ2) is 12.2. The van der Waals surface area contributed by atoms with E-state index < -0.39 is 20.2 Å². The SMILES string of the molecule is CS(=O)(=O)O.CS(=O)(=O)O.OCCCCCO. The van der Waals surface area contributed by atoms with Gasteiger partial charge in [-0.05, 0) is 19.3 Å². The van der Waals surface area contributed by atoms with Gasteiger partial charge in [-0.2, -0.15) is 16.8 Å². The topological polar surface area (TPSA) is 149 Å². The van der Waals surface area contributed by atoms with Crippen LogP contribution >= 0.6 is 0 Å². The van der Waals surface area contributed by atoms with E-state index in [0.29, 0.717) is 12.5 Å². The maximum atomic E-state index is 9.19. The lowest BCUT2D eigenvalue weighted by Crippen LogP contribution is -1.88. The molecule has 4 N–H and O–H groups in total. The predicted octanol–water partition coefficient (Wildman–Crippen LogP) is -0.851. The summed E-state index contributed by atoms with van der Waals surface area (Å²) >= 11 is 0. The minimum absolute atomic E-state index is 0.250. The Hall–Kier alpha value is -0.260. The molecule has 17 heavy (non-hydrogen) atoms. The van der Waals surface area contributed by atoms with Crippen LogP contribution in [-0.2, 0) is 20.2 Å². The molecule has 0 atom stereocenters. The first-order valence-electron chi connectivity index (χ1n) is 4.48. The van der Waals surface area contributed by atoms with Crippen LogP contribution < -0.4 is 0 Å². The van der Waals surface area contributed by atoms with Crippen molar-refractivity contribution >= 4 is 20.2 Å². The molecule has 0 unspecified atom stereocenters. The summed E-state index contributed by atoms with van der Waals surface area (Å²) in [5.74, 6) is 0. The number of hydrogen-bond acceptors (Lipinski definition) is 6. The molecule has 0 aromatic rings. The minimum atomic E-state index is -3.67. The van der Waals surface area contributed by atoms with Crippen molar-refractivity contribution in [1.82, 2.24) is 0 Å². The molecule has 0 heterocycles. The van der Waals surface area contributed by atoms with Crippen molar-refractivity contribution in [2.24, 2.45) is 0 Å². The Morgan fingerprint density at radius 2 is 0.882 bits per heavy atom. The molecular weight excluding hydrogens is 276 g/mol. The molecule has 0 saturated carbocycles. The fourth-order valence-electron chi connectivity index (χ4n) is 0.400. The van der Waals surface area contributed by atoms with Gasteiger partial charge in [0.05, 0.1) is 12.5 Å². The highest BCUT2D eigenvalue weighted by molar-refractivity contribution is 7.85. The highest BCUT2D eigenvalue weighted by Crippen LogP contribution is 1.90. The number of hydrogen-bond donors (Lipinski definition) is 4. The zero-order valence-corrected chi connectivity index (χ0v) is 11.4. The van der Waals surface area contributed by atoms with Crippen molar-refractivity contribution in [3.8, 4) is 0 Å². The number of aliphatic hydroxyl groups excluding tert-OH is 2. The van der Waals surface area contributed by atoms with E-state index in [1.165, 1.54) is 0 Å². The Labute approximate surface area is 102 Å². The van der Waals surface area contributed by atoms with Gasteiger partial charge in [0.1, 0.15) is 0 Å². The summed E-state index contributed by atoms with van der Waals surface area (Å²) in [6, 6.07) is 0. The molecule has 0 spiro atoms. The van der Waals surface area contributed by atoms with Crippen LogP contribution in [0.2, 0.25) is 0 Å². The minimum Gasteiger partial charge on any atom is -0.396 e. The zero-order chi connectivity index (χ0) is 14.5. The average Bonchev–Trinajstić information content (AvgIpc) is 1.99. The van der Waals surface area contributed by atoms with Crippen molar-refractivity contribution < 1.29 is 36.2 Å². The van der Waals surface area contributed by atoms with E-state index in [4.69, 9.17) is 19.3 Å². The molecule has 0 rings (SSSR count). The monoisotopic (exact) mass is 296 g/mol. The maximum Gasteiger partial charge on any atom is 0.261 e. The predicted molar refractivity (Wildman–Crippen MR) is 63.0 cm³/mol. The second-order valence-corrected chi connectivity index (χ2v) is 5.91. The molecule has 0 aliphatic rings. The molecule has 0 aliphatic carbocycles. The van der Waals surface area contributed by atoms with E-state index in [1.807, 2.05) is 0 Å². The van der Waals surface area contributed by atoms with Crippen LogP contribution in [0.25, 0.3) is 0 Å². The lowest BCUT2D eigenvalue weighted by atomic mass is 10.2. The summed E-state index contributed by atoms with van der Waals surface area (Å²) < 4.78 is 51.7. The summed E-state index contributed by atoms with van der Waals surface area (Å²) in [5.41, 5.74) is 0. The van der Waals surface area contributed by atoms with Crippen molar-refractivity contribution in [2.45, 2.75) is 19.3 Å². The van der Waals surface area contributed by atoms with E-state index in [2.05, 4.69) is 0 Å². The summed E-state index contributed by atoms with van der Waals surface area (Å²) in [5, 5.41) is 16.4. The van der Waals surface area contributed by atoms with Gasteiger partial charge in [-0.1, -0.05) is 0 Å². The van der Waals surface area contributed by atoms with E-state index in [9.17, 15) is 16.8 Å². The van der Waals surface area contributed by atoms with Gasteiger partial charge in [-0.25, -0.2) is 0 Å². The fourth-order valence-corrected chi connectivity index (χ4v) is 0.400. The quantitative estimate of drug-likeness (QED) is 0.387. The van der Waals surface area contributed by atoms with Gasteiger partial charge in [0.25, 0.3) is 20.2 Å². The molecule has 0 fully saturated rings. The number of rotatable bonds is 4. The van der Waals surface area contributed by atoms with Crippen LogP contribution in [0.1, 0.15) is 19.3 Å². The first kappa shape index (κ1) is 22.0. The summed E-state index contributed by atoms with van der Waals surface area (Å²) in [7, 11) is -7.33. The lowest BCUT2D eigenvalue weighted by molar-refractivity contribution is 0.257. The molecule has 0 aliphatic heterocycles. The first-order chi connectivity index (χ1) is 7.41. The van der Waals surface area contributed by atoms with Gasteiger partial charge in [-0.3, -0.25) is 9.11 Å². The highest BCUT2D eigenvalue weighted by atomic mass is 32.2. The Kier molecular flexibility index (Phi) is 15.8. The molecular formula is C7H20O8S2. The molecule has 0 amide bonds. The van der Waals surface area contributed by atoms with Crippen molar-refractivity contribution in [3.05, 3.63) is 0 Å². The largest absolute Gasteiger partial charge is 0.396 e. The Morgan fingerprint density at radius 1 is 0.706 bits per heavy atom. The zero-order valence-electron chi connectivity index (χ0n) is 9.77. The smallest absolute Gasteiger partial charge is 0.261 e. The van der Waals surface area contributed by atoms with Crippen LogP contribution in [0.15, 0.2) is 0 Å². The van der Waals surface area contributed by atoms with Gasteiger partial charge in [0.2, 0.25) is 0 Å². The van der Waals surface area contributed by atoms with Gasteiger partial charge in [-0.15, -0.1) is 0 Å². The normalized spacial score (nSPS) is 10.7. The standard InChI is InChI=1S/C5H12O2.2CH4O3S/c6-4-2-1-3-5-7;2*1-5(2,3)4/h6-7H,1-5H2;2*1H3,(H,2,3,4). The van der Waals surface area contributed by atoms with Gasteiger partial charge >= 0.3 is 0 Å². The van der Waals surface area contributed by atoms with Gasteiger partial charge < -0.3 is 10.2 Å². The van der Waals surface area contributed by atoms with E-state index >= 15 is 0 Å². The molecule has 0 radical (unpaired) electrons. The molecule has 8 nitrogen and oxygen atoms in total. The third-order valence-electron chi connectivity index (χ3n) is 0.816. The molecule has 108 valence electrons. The van der Waals surface area contributed by atoms with Crippen LogP contribution in [-0.4, -0.2) is 61.9 Å². The Morgan fingerprint density at radius 3 is 1.00 bits per heavy atom. The summed E-state index contributed by atoms with van der Waals surface area (Å²) in [4.78, 5) is 0. The van der Waals surface area contributed by atoms with Gasteiger partial charge in [0, 0.05) is 13.2 Å². The van der Waals surface area contributed by atoms with E-state index in [0.717, 1.165) is 19.3 Å². The van der Waals surface area contributed by atoms with Crippen LogP contribution in [0.4, 0.5) is 0 Å². The number of aliphatic hydroxyl groups is 2. The molecule has 0 aromatic heterocycles. The van der Waals surface area contributed by atoms with Crippen molar-refractivity contribution in [3.63, 3.8) is 0 Å².